The second-order valence-electron chi connectivity index (χ2n) is 6.35. The Morgan fingerprint density at radius 3 is 2.56 bits per heavy atom. The first-order valence-electron chi connectivity index (χ1n) is 6.97. The molecule has 3 aliphatic rings. The minimum atomic E-state index is -0.214. The monoisotopic (exact) mass is 246 g/mol. The lowest BCUT2D eigenvalue weighted by atomic mass is 10.0. The van der Waals surface area contributed by atoms with Crippen LogP contribution in [0.25, 0.3) is 0 Å². The fourth-order valence-corrected chi connectivity index (χ4v) is 4.52. The van der Waals surface area contributed by atoms with Crippen molar-refractivity contribution in [3.8, 4) is 0 Å². The van der Waals surface area contributed by atoms with E-state index in [0.717, 1.165) is 29.4 Å². The predicted molar refractivity (Wildman–Crippen MR) is 70.8 cm³/mol. The molecule has 0 radical (unpaired) electrons. The van der Waals surface area contributed by atoms with E-state index in [4.69, 9.17) is 5.73 Å². The molecule has 3 saturated carbocycles. The van der Waals surface area contributed by atoms with Crippen LogP contribution in [0.2, 0.25) is 0 Å². The standard InChI is InChI=1S/C15H19FN2/c1-7-4-12(11(17)6-10(7)16)18-15-13-8-2-3-9(5-8)14(13)15/h4,6,8-9,13-15,18H,2-3,5,17H2,1H3. The fourth-order valence-electron chi connectivity index (χ4n) is 4.52. The van der Waals surface area contributed by atoms with E-state index >= 15 is 0 Å². The molecule has 0 amide bonds. The Hall–Kier alpha value is -1.25. The molecular formula is C15H19FN2. The summed E-state index contributed by atoms with van der Waals surface area (Å²) in [6.07, 6.45) is 4.29. The third-order valence-corrected chi connectivity index (χ3v) is 5.39. The lowest BCUT2D eigenvalue weighted by molar-refractivity contribution is 0.456. The average Bonchev–Trinajstić information content (AvgIpc) is 2.72. The van der Waals surface area contributed by atoms with Gasteiger partial charge in [0, 0.05) is 6.04 Å². The van der Waals surface area contributed by atoms with Gasteiger partial charge in [-0.2, -0.15) is 0 Å². The van der Waals surface area contributed by atoms with Crippen molar-refractivity contribution in [1.29, 1.82) is 0 Å². The molecule has 2 nitrogen and oxygen atoms in total. The summed E-state index contributed by atoms with van der Waals surface area (Å²) >= 11 is 0. The van der Waals surface area contributed by atoms with Gasteiger partial charge in [-0.25, -0.2) is 4.39 Å². The molecule has 18 heavy (non-hydrogen) atoms. The van der Waals surface area contributed by atoms with Crippen molar-refractivity contribution >= 4 is 11.4 Å². The van der Waals surface area contributed by atoms with Gasteiger partial charge in [0.1, 0.15) is 5.82 Å². The van der Waals surface area contributed by atoms with Crippen LogP contribution in [0.3, 0.4) is 0 Å². The maximum absolute atomic E-state index is 13.4. The fraction of sp³-hybridized carbons (Fsp3) is 0.600. The van der Waals surface area contributed by atoms with Gasteiger partial charge in [0.15, 0.2) is 0 Å². The quantitative estimate of drug-likeness (QED) is 0.787. The molecule has 0 aliphatic heterocycles. The molecule has 4 atom stereocenters. The van der Waals surface area contributed by atoms with Crippen LogP contribution in [0.1, 0.15) is 24.8 Å². The molecule has 4 rings (SSSR count). The summed E-state index contributed by atoms with van der Waals surface area (Å²) in [6, 6.07) is 3.88. The summed E-state index contributed by atoms with van der Waals surface area (Å²) in [7, 11) is 0. The van der Waals surface area contributed by atoms with Gasteiger partial charge in [-0.1, -0.05) is 0 Å². The van der Waals surface area contributed by atoms with Gasteiger partial charge in [0.25, 0.3) is 0 Å². The van der Waals surface area contributed by atoms with Crippen LogP contribution in [0.4, 0.5) is 15.8 Å². The SMILES string of the molecule is Cc1cc(NC2C3C4CCC(C4)C23)c(N)cc1F. The van der Waals surface area contributed by atoms with Gasteiger partial charge < -0.3 is 11.1 Å². The zero-order valence-corrected chi connectivity index (χ0v) is 10.6. The number of nitrogens with one attached hydrogen (secondary N) is 1. The minimum Gasteiger partial charge on any atom is -0.397 e. The third-order valence-electron chi connectivity index (χ3n) is 5.39. The Labute approximate surface area is 107 Å². The Morgan fingerprint density at radius 2 is 1.89 bits per heavy atom. The number of benzene rings is 1. The van der Waals surface area contributed by atoms with Crippen LogP contribution >= 0.6 is 0 Å². The third kappa shape index (κ3) is 1.33. The Morgan fingerprint density at radius 1 is 1.22 bits per heavy atom. The number of fused-ring (bicyclic) bond motifs is 5. The zero-order chi connectivity index (χ0) is 12.4. The van der Waals surface area contributed by atoms with Crippen molar-refractivity contribution in [2.24, 2.45) is 23.7 Å². The van der Waals surface area contributed by atoms with Crippen molar-refractivity contribution in [3.63, 3.8) is 0 Å². The number of halogens is 1. The van der Waals surface area contributed by atoms with Crippen LogP contribution in [0, 0.1) is 36.4 Å². The lowest BCUT2D eigenvalue weighted by Gasteiger charge is -2.14. The molecule has 3 N–H and O–H groups in total. The van der Waals surface area contributed by atoms with E-state index < -0.39 is 0 Å². The van der Waals surface area contributed by atoms with E-state index in [2.05, 4.69) is 5.32 Å². The summed E-state index contributed by atoms with van der Waals surface area (Å²) in [4.78, 5) is 0. The first-order chi connectivity index (χ1) is 8.65. The minimum absolute atomic E-state index is 0.214. The number of nitrogens with two attached hydrogens (primary N) is 1. The van der Waals surface area contributed by atoms with Gasteiger partial charge >= 0.3 is 0 Å². The number of anilines is 2. The number of nitrogen functional groups attached to an aromatic ring is 1. The number of hydrogen-bond acceptors (Lipinski definition) is 2. The predicted octanol–water partition coefficient (Wildman–Crippen LogP) is 3.17. The first-order valence-corrected chi connectivity index (χ1v) is 6.97. The largest absolute Gasteiger partial charge is 0.397 e. The molecule has 1 aromatic rings. The van der Waals surface area contributed by atoms with E-state index in [1.165, 1.54) is 25.3 Å². The molecule has 1 aromatic carbocycles. The van der Waals surface area contributed by atoms with E-state index in [-0.39, 0.29) is 5.82 Å². The van der Waals surface area contributed by atoms with Crippen molar-refractivity contribution in [3.05, 3.63) is 23.5 Å². The maximum atomic E-state index is 13.4. The maximum Gasteiger partial charge on any atom is 0.128 e. The van der Waals surface area contributed by atoms with Crippen LogP contribution in [0.15, 0.2) is 12.1 Å². The van der Waals surface area contributed by atoms with Gasteiger partial charge in [0.2, 0.25) is 0 Å². The van der Waals surface area contributed by atoms with Gasteiger partial charge in [-0.3, -0.25) is 0 Å². The van der Waals surface area contributed by atoms with Gasteiger partial charge in [-0.15, -0.1) is 0 Å². The molecule has 4 unspecified atom stereocenters. The van der Waals surface area contributed by atoms with Crippen molar-refractivity contribution in [2.75, 3.05) is 11.1 Å². The highest BCUT2D eigenvalue weighted by Crippen LogP contribution is 2.66. The average molecular weight is 246 g/mol. The lowest BCUT2D eigenvalue weighted by Crippen LogP contribution is -2.14. The van der Waals surface area contributed by atoms with E-state index in [0.29, 0.717) is 17.3 Å². The van der Waals surface area contributed by atoms with E-state index in [9.17, 15) is 4.39 Å². The topological polar surface area (TPSA) is 38.0 Å². The van der Waals surface area contributed by atoms with Crippen LogP contribution < -0.4 is 11.1 Å². The highest BCUT2D eigenvalue weighted by atomic mass is 19.1. The van der Waals surface area contributed by atoms with Crippen LogP contribution in [0.5, 0.6) is 0 Å². The van der Waals surface area contributed by atoms with Gasteiger partial charge in [-0.05, 0) is 67.6 Å². The molecule has 0 spiro atoms. The van der Waals surface area contributed by atoms with Crippen LogP contribution in [-0.2, 0) is 0 Å². The van der Waals surface area contributed by atoms with Gasteiger partial charge in [0.05, 0.1) is 11.4 Å². The van der Waals surface area contributed by atoms with Crippen molar-refractivity contribution in [1.82, 2.24) is 0 Å². The summed E-state index contributed by atoms with van der Waals surface area (Å²) in [5.74, 6) is 3.41. The highest BCUT2D eigenvalue weighted by molar-refractivity contribution is 5.68. The number of rotatable bonds is 2. The molecule has 3 fully saturated rings. The number of hydrogen-bond donors (Lipinski definition) is 2. The molecule has 2 bridgehead atoms. The molecule has 96 valence electrons. The smallest absolute Gasteiger partial charge is 0.128 e. The highest BCUT2D eigenvalue weighted by Gasteiger charge is 2.65. The number of aryl methyl sites for hydroxylation is 1. The zero-order valence-electron chi connectivity index (χ0n) is 10.6. The summed E-state index contributed by atoms with van der Waals surface area (Å²) in [5, 5.41) is 3.56. The van der Waals surface area contributed by atoms with Crippen LogP contribution in [-0.4, -0.2) is 6.04 Å². The van der Waals surface area contributed by atoms with Crippen molar-refractivity contribution in [2.45, 2.75) is 32.2 Å². The molecule has 0 heterocycles. The summed E-state index contributed by atoms with van der Waals surface area (Å²) in [6.45, 7) is 1.79. The van der Waals surface area contributed by atoms with Crippen molar-refractivity contribution < 1.29 is 4.39 Å². The molecular weight excluding hydrogens is 227 g/mol. The Balaban J connectivity index is 1.55. The first kappa shape index (κ1) is 10.7. The summed E-state index contributed by atoms with van der Waals surface area (Å²) in [5.41, 5.74) is 8.03. The second kappa shape index (κ2) is 3.40. The molecule has 0 saturated heterocycles. The van der Waals surface area contributed by atoms with E-state index in [1.54, 1.807) is 6.92 Å². The summed E-state index contributed by atoms with van der Waals surface area (Å²) < 4.78 is 13.4. The Bertz CT molecular complexity index is 497. The molecule has 0 aromatic heterocycles. The second-order valence-corrected chi connectivity index (χ2v) is 6.35. The normalized spacial score (nSPS) is 39.8. The Kier molecular flexibility index (Phi) is 2.01. The van der Waals surface area contributed by atoms with E-state index in [1.807, 2.05) is 6.07 Å². The molecule has 3 aliphatic carbocycles. The molecule has 3 heteroatoms.